The first-order valence-corrected chi connectivity index (χ1v) is 16.0. The Hall–Kier alpha value is -4.04. The number of ether oxygens (including phenoxy) is 2. The van der Waals surface area contributed by atoms with Crippen molar-refractivity contribution in [1.82, 2.24) is 15.0 Å². The maximum Gasteiger partial charge on any atom is 0.163 e. The first-order valence-electron chi connectivity index (χ1n) is 16.0. The molecular formula is C36H47N5O3. The van der Waals surface area contributed by atoms with Crippen molar-refractivity contribution in [2.24, 2.45) is 9.98 Å². The third-order valence-electron chi connectivity index (χ3n) is 9.02. The molecule has 0 fully saturated rings. The second-order valence-corrected chi connectivity index (χ2v) is 11.5. The van der Waals surface area contributed by atoms with Gasteiger partial charge < -0.3 is 29.5 Å². The lowest BCUT2D eigenvalue weighted by atomic mass is 9.98. The number of aliphatic hydroxyl groups excluding tert-OH is 1. The molecule has 4 heterocycles. The number of methoxy groups -OCH3 is 1. The number of hydrogen-bond acceptors (Lipinski definition) is 5. The lowest BCUT2D eigenvalue weighted by Gasteiger charge is -2.12. The Kier molecular flexibility index (Phi) is 9.79. The summed E-state index contributed by atoms with van der Waals surface area (Å²) in [6, 6.07) is 3.74. The number of benzene rings is 1. The highest BCUT2D eigenvalue weighted by Crippen LogP contribution is 2.40. The summed E-state index contributed by atoms with van der Waals surface area (Å²) >= 11 is 0. The smallest absolute Gasteiger partial charge is 0.163 e. The van der Waals surface area contributed by atoms with Gasteiger partial charge in [0.25, 0.3) is 0 Å². The van der Waals surface area contributed by atoms with Gasteiger partial charge in [-0.25, -0.2) is 0 Å². The molecule has 1 aliphatic heterocycles. The fraction of sp³-hybridized carbons (Fsp3) is 0.444. The first-order chi connectivity index (χ1) is 21.4. The normalized spacial score (nSPS) is 12.8. The standard InChI is InChI=1S/C36H47N5O3/c1-8-23-21(5)33-19-37-31-17-35(43-7)36(44-14-12-13-42)18-32(31)38-20-34-22(6)24(9-2)28(41-34)16-30-26(11-4)25(10-3)29(39-30)15-27(23)40-33/h17-20,39-42H,8-16H2,1-7H3. The molecule has 1 aliphatic rings. The fourth-order valence-electron chi connectivity index (χ4n) is 6.70. The average molecular weight is 598 g/mol. The zero-order chi connectivity index (χ0) is 31.4. The van der Waals surface area contributed by atoms with Gasteiger partial charge in [0, 0.05) is 60.8 Å². The molecule has 0 unspecified atom stereocenters. The number of nitrogens with zero attached hydrogens (tertiary/aromatic N) is 2. The molecule has 0 saturated carbocycles. The van der Waals surface area contributed by atoms with Gasteiger partial charge in [-0.05, 0) is 72.9 Å². The lowest BCUT2D eigenvalue weighted by Crippen LogP contribution is -2.01. The van der Waals surface area contributed by atoms with Gasteiger partial charge in [-0.1, -0.05) is 27.7 Å². The predicted molar refractivity (Wildman–Crippen MR) is 180 cm³/mol. The van der Waals surface area contributed by atoms with E-state index in [2.05, 4.69) is 56.5 Å². The second kappa shape index (κ2) is 13.7. The van der Waals surface area contributed by atoms with Crippen LogP contribution in [0, 0.1) is 13.8 Å². The number of fused-ring (bicyclic) bond motifs is 7. The first kappa shape index (κ1) is 31.4. The molecule has 4 N–H and O–H groups in total. The summed E-state index contributed by atoms with van der Waals surface area (Å²) in [5.41, 5.74) is 16.4. The van der Waals surface area contributed by atoms with E-state index in [0.717, 1.165) is 49.9 Å². The van der Waals surface area contributed by atoms with Crippen molar-refractivity contribution in [1.29, 1.82) is 0 Å². The van der Waals surface area contributed by atoms with Gasteiger partial charge in [0.2, 0.25) is 0 Å². The maximum absolute atomic E-state index is 9.27. The van der Waals surface area contributed by atoms with Crippen LogP contribution in [0.25, 0.3) is 0 Å². The molecule has 0 radical (unpaired) electrons. The molecule has 4 aromatic rings. The van der Waals surface area contributed by atoms with Gasteiger partial charge in [0.05, 0.1) is 48.9 Å². The quantitative estimate of drug-likeness (QED) is 0.134. The highest BCUT2D eigenvalue weighted by atomic mass is 16.5. The summed E-state index contributed by atoms with van der Waals surface area (Å²) in [6.07, 6.45) is 9.85. The van der Waals surface area contributed by atoms with Crippen molar-refractivity contribution in [3.05, 3.63) is 79.7 Å². The van der Waals surface area contributed by atoms with Gasteiger partial charge in [-0.15, -0.1) is 0 Å². The highest BCUT2D eigenvalue weighted by Gasteiger charge is 2.21. The van der Waals surface area contributed by atoms with Crippen LogP contribution in [0.5, 0.6) is 11.5 Å². The van der Waals surface area contributed by atoms with Gasteiger partial charge in [0.15, 0.2) is 11.5 Å². The van der Waals surface area contributed by atoms with E-state index in [0.29, 0.717) is 35.9 Å². The van der Waals surface area contributed by atoms with E-state index < -0.39 is 0 Å². The Morgan fingerprint density at radius 1 is 0.682 bits per heavy atom. The van der Waals surface area contributed by atoms with Gasteiger partial charge in [0.1, 0.15) is 0 Å². The van der Waals surface area contributed by atoms with E-state index in [1.165, 1.54) is 56.2 Å². The Bertz CT molecular complexity index is 1680. The molecular weight excluding hydrogens is 550 g/mol. The molecule has 234 valence electrons. The maximum atomic E-state index is 9.27. The number of nitrogens with one attached hydrogen (secondary N) is 3. The number of hydrogen-bond donors (Lipinski definition) is 4. The summed E-state index contributed by atoms with van der Waals surface area (Å²) in [5, 5.41) is 9.27. The number of H-pyrrole nitrogens is 3. The third kappa shape index (κ3) is 6.00. The zero-order valence-electron chi connectivity index (χ0n) is 27.3. The van der Waals surface area contributed by atoms with Crippen molar-refractivity contribution < 1.29 is 14.6 Å². The number of rotatable bonds is 9. The van der Waals surface area contributed by atoms with Crippen molar-refractivity contribution >= 4 is 23.8 Å². The number of aliphatic imine (C=N–C) groups is 2. The Morgan fingerprint density at radius 2 is 1.14 bits per heavy atom. The monoisotopic (exact) mass is 597 g/mol. The van der Waals surface area contributed by atoms with Crippen LogP contribution in [0.2, 0.25) is 0 Å². The fourth-order valence-corrected chi connectivity index (χ4v) is 6.70. The molecule has 44 heavy (non-hydrogen) atoms. The van der Waals surface area contributed by atoms with Crippen molar-refractivity contribution in [2.45, 2.75) is 86.5 Å². The number of aromatic amines is 3. The molecule has 8 nitrogen and oxygen atoms in total. The van der Waals surface area contributed by atoms with E-state index in [1.807, 2.05) is 24.6 Å². The third-order valence-corrected chi connectivity index (χ3v) is 9.02. The SMILES string of the molecule is CCc1c2[nH]c(c1C)C=Nc1cc(OC)c(OCCCO)cc1N=Cc1[nH]c(c(CC)c1C)Cc1[nH]c(c(CC)c1CC)C2. The van der Waals surface area contributed by atoms with E-state index in [-0.39, 0.29) is 6.61 Å². The summed E-state index contributed by atoms with van der Waals surface area (Å²) in [7, 11) is 1.62. The summed E-state index contributed by atoms with van der Waals surface area (Å²) in [4.78, 5) is 21.2. The van der Waals surface area contributed by atoms with Crippen LogP contribution in [0.3, 0.4) is 0 Å². The molecule has 1 aromatic carbocycles. The van der Waals surface area contributed by atoms with E-state index in [4.69, 9.17) is 19.5 Å². The Balaban J connectivity index is 1.72. The number of aliphatic hydroxyl groups is 1. The van der Waals surface area contributed by atoms with Crippen molar-refractivity contribution in [3.8, 4) is 11.5 Å². The molecule has 8 heteroatoms. The molecule has 5 rings (SSSR count). The Morgan fingerprint density at radius 3 is 1.57 bits per heavy atom. The molecule has 0 aliphatic carbocycles. The van der Waals surface area contributed by atoms with E-state index in [1.54, 1.807) is 7.11 Å². The molecule has 3 aromatic heterocycles. The second-order valence-electron chi connectivity index (χ2n) is 11.5. The average Bonchev–Trinajstić information content (AvgIpc) is 3.63. The Labute approximate surface area is 261 Å². The minimum absolute atomic E-state index is 0.0599. The summed E-state index contributed by atoms with van der Waals surface area (Å²) in [6.45, 7) is 13.7. The molecule has 0 amide bonds. The zero-order valence-corrected chi connectivity index (χ0v) is 27.3. The summed E-state index contributed by atoms with van der Waals surface area (Å²) < 4.78 is 11.7. The molecule has 6 bridgehead atoms. The van der Waals surface area contributed by atoms with Gasteiger partial charge in [-0.3, -0.25) is 9.98 Å². The van der Waals surface area contributed by atoms with E-state index >= 15 is 0 Å². The van der Waals surface area contributed by atoms with Crippen LogP contribution >= 0.6 is 0 Å². The van der Waals surface area contributed by atoms with Gasteiger partial charge in [-0.2, -0.15) is 0 Å². The van der Waals surface area contributed by atoms with Crippen LogP contribution in [0.4, 0.5) is 11.4 Å². The van der Waals surface area contributed by atoms with Crippen LogP contribution in [0.15, 0.2) is 22.1 Å². The topological polar surface area (TPSA) is 111 Å². The van der Waals surface area contributed by atoms with Crippen LogP contribution in [0.1, 0.15) is 102 Å². The van der Waals surface area contributed by atoms with Crippen LogP contribution in [-0.2, 0) is 38.5 Å². The van der Waals surface area contributed by atoms with E-state index in [9.17, 15) is 5.11 Å². The molecule has 0 atom stereocenters. The van der Waals surface area contributed by atoms with Crippen molar-refractivity contribution in [2.75, 3.05) is 20.3 Å². The molecule has 0 spiro atoms. The molecule has 0 saturated heterocycles. The predicted octanol–water partition coefficient (Wildman–Crippen LogP) is 7.30. The largest absolute Gasteiger partial charge is 0.493 e. The van der Waals surface area contributed by atoms with Crippen LogP contribution in [-0.4, -0.2) is 52.8 Å². The minimum Gasteiger partial charge on any atom is -0.493 e. The number of aromatic nitrogens is 3. The van der Waals surface area contributed by atoms with Gasteiger partial charge >= 0.3 is 0 Å². The highest BCUT2D eigenvalue weighted by molar-refractivity contribution is 5.88. The van der Waals surface area contributed by atoms with Crippen molar-refractivity contribution in [3.63, 3.8) is 0 Å². The minimum atomic E-state index is 0.0599. The summed E-state index contributed by atoms with van der Waals surface area (Å²) in [5.74, 6) is 1.15. The van der Waals surface area contributed by atoms with Crippen LogP contribution < -0.4 is 9.47 Å². The lowest BCUT2D eigenvalue weighted by molar-refractivity contribution is 0.228.